The Labute approximate surface area is 84.1 Å². The van der Waals surface area contributed by atoms with Crippen LogP contribution in [0.5, 0.6) is 11.5 Å². The molecule has 3 nitrogen and oxygen atoms in total. The standard InChI is InChI=1S/C11H15NO2/c1-4-11(12)8-5-9(13-2)7-10(6-8)14-3/h4-7,11H,1,12H2,2-3H3/t11-/m0/s1. The predicted molar refractivity (Wildman–Crippen MR) is 56.7 cm³/mol. The van der Waals surface area contributed by atoms with Crippen molar-refractivity contribution >= 4 is 0 Å². The zero-order valence-corrected chi connectivity index (χ0v) is 8.49. The van der Waals surface area contributed by atoms with Crippen molar-refractivity contribution < 1.29 is 9.47 Å². The van der Waals surface area contributed by atoms with E-state index in [9.17, 15) is 0 Å². The van der Waals surface area contributed by atoms with Gasteiger partial charge in [0.15, 0.2) is 0 Å². The molecule has 76 valence electrons. The third-order valence-corrected chi connectivity index (χ3v) is 2.01. The molecule has 0 fully saturated rings. The number of benzene rings is 1. The van der Waals surface area contributed by atoms with E-state index in [-0.39, 0.29) is 6.04 Å². The molecule has 14 heavy (non-hydrogen) atoms. The number of ether oxygens (including phenoxy) is 2. The number of hydrogen-bond donors (Lipinski definition) is 1. The first-order chi connectivity index (χ1) is 6.71. The highest BCUT2D eigenvalue weighted by Gasteiger charge is 2.05. The molecule has 1 atom stereocenters. The molecule has 0 unspecified atom stereocenters. The van der Waals surface area contributed by atoms with E-state index >= 15 is 0 Å². The lowest BCUT2D eigenvalue weighted by molar-refractivity contribution is 0.393. The number of hydrogen-bond acceptors (Lipinski definition) is 3. The van der Waals surface area contributed by atoms with Gasteiger partial charge >= 0.3 is 0 Å². The van der Waals surface area contributed by atoms with E-state index in [1.807, 2.05) is 12.1 Å². The van der Waals surface area contributed by atoms with Crippen molar-refractivity contribution in [1.29, 1.82) is 0 Å². The van der Waals surface area contributed by atoms with E-state index in [4.69, 9.17) is 15.2 Å². The molecular weight excluding hydrogens is 178 g/mol. The van der Waals surface area contributed by atoms with E-state index in [1.54, 1.807) is 26.4 Å². The first-order valence-electron chi connectivity index (χ1n) is 4.32. The average Bonchev–Trinajstić information content (AvgIpc) is 2.27. The Kier molecular flexibility index (Phi) is 3.54. The van der Waals surface area contributed by atoms with Gasteiger partial charge in [-0.05, 0) is 17.7 Å². The van der Waals surface area contributed by atoms with Crippen LogP contribution in [-0.2, 0) is 0 Å². The van der Waals surface area contributed by atoms with Crippen molar-refractivity contribution in [1.82, 2.24) is 0 Å². The van der Waals surface area contributed by atoms with Gasteiger partial charge in [-0.25, -0.2) is 0 Å². The summed E-state index contributed by atoms with van der Waals surface area (Å²) in [6.45, 7) is 3.64. The van der Waals surface area contributed by atoms with Gasteiger partial charge in [0.1, 0.15) is 11.5 Å². The Hall–Kier alpha value is -1.48. The summed E-state index contributed by atoms with van der Waals surface area (Å²) in [5.74, 6) is 1.47. The minimum atomic E-state index is -0.195. The summed E-state index contributed by atoms with van der Waals surface area (Å²) in [5.41, 5.74) is 6.74. The smallest absolute Gasteiger partial charge is 0.122 e. The Morgan fingerprint density at radius 2 is 1.71 bits per heavy atom. The molecule has 1 aromatic carbocycles. The van der Waals surface area contributed by atoms with Gasteiger partial charge in [-0.3, -0.25) is 0 Å². The van der Waals surface area contributed by atoms with E-state index < -0.39 is 0 Å². The quantitative estimate of drug-likeness (QED) is 0.743. The van der Waals surface area contributed by atoms with E-state index in [0.717, 1.165) is 17.1 Å². The summed E-state index contributed by atoms with van der Waals surface area (Å²) >= 11 is 0. The summed E-state index contributed by atoms with van der Waals surface area (Å²) in [5, 5.41) is 0. The molecule has 1 aromatic rings. The molecule has 0 aliphatic heterocycles. The fraction of sp³-hybridized carbons (Fsp3) is 0.273. The molecule has 3 heteroatoms. The molecular formula is C11H15NO2. The molecule has 0 heterocycles. The first-order valence-corrected chi connectivity index (χ1v) is 4.32. The normalized spacial score (nSPS) is 11.9. The Morgan fingerprint density at radius 3 is 2.07 bits per heavy atom. The second-order valence-corrected chi connectivity index (χ2v) is 2.91. The van der Waals surface area contributed by atoms with Crippen LogP contribution in [0.4, 0.5) is 0 Å². The third-order valence-electron chi connectivity index (χ3n) is 2.01. The minimum Gasteiger partial charge on any atom is -0.497 e. The van der Waals surface area contributed by atoms with Crippen LogP contribution in [-0.4, -0.2) is 14.2 Å². The first kappa shape index (κ1) is 10.6. The maximum Gasteiger partial charge on any atom is 0.122 e. The van der Waals surface area contributed by atoms with Crippen LogP contribution in [0.3, 0.4) is 0 Å². The van der Waals surface area contributed by atoms with Gasteiger partial charge in [0, 0.05) is 12.1 Å². The minimum absolute atomic E-state index is 0.195. The lowest BCUT2D eigenvalue weighted by Gasteiger charge is -2.11. The summed E-state index contributed by atoms with van der Waals surface area (Å²) < 4.78 is 10.2. The molecule has 0 saturated heterocycles. The molecule has 0 bridgehead atoms. The van der Waals surface area contributed by atoms with Crippen molar-refractivity contribution in [3.8, 4) is 11.5 Å². The predicted octanol–water partition coefficient (Wildman–Crippen LogP) is 1.89. The Morgan fingerprint density at radius 1 is 1.21 bits per heavy atom. The highest BCUT2D eigenvalue weighted by atomic mass is 16.5. The zero-order chi connectivity index (χ0) is 10.6. The second-order valence-electron chi connectivity index (χ2n) is 2.91. The molecule has 0 spiro atoms. The van der Waals surface area contributed by atoms with Gasteiger partial charge in [-0.2, -0.15) is 0 Å². The van der Waals surface area contributed by atoms with Gasteiger partial charge in [0.05, 0.1) is 14.2 Å². The highest BCUT2D eigenvalue weighted by molar-refractivity contribution is 5.40. The highest BCUT2D eigenvalue weighted by Crippen LogP contribution is 2.25. The lowest BCUT2D eigenvalue weighted by Crippen LogP contribution is -2.06. The summed E-state index contributed by atoms with van der Waals surface area (Å²) in [6, 6.07) is 5.35. The van der Waals surface area contributed by atoms with Gasteiger partial charge in [-0.1, -0.05) is 6.08 Å². The molecule has 0 aromatic heterocycles. The third kappa shape index (κ3) is 2.26. The van der Waals surface area contributed by atoms with Crippen molar-refractivity contribution in [3.63, 3.8) is 0 Å². The zero-order valence-electron chi connectivity index (χ0n) is 8.49. The molecule has 2 N–H and O–H groups in total. The van der Waals surface area contributed by atoms with Crippen LogP contribution in [0.1, 0.15) is 11.6 Å². The number of nitrogens with two attached hydrogens (primary N) is 1. The van der Waals surface area contributed by atoms with Gasteiger partial charge < -0.3 is 15.2 Å². The van der Waals surface area contributed by atoms with Crippen molar-refractivity contribution in [2.75, 3.05) is 14.2 Å². The molecule has 0 amide bonds. The van der Waals surface area contributed by atoms with Crippen LogP contribution in [0.2, 0.25) is 0 Å². The SMILES string of the molecule is C=C[C@H](N)c1cc(OC)cc(OC)c1. The monoisotopic (exact) mass is 193 g/mol. The van der Waals surface area contributed by atoms with Crippen molar-refractivity contribution in [2.24, 2.45) is 5.73 Å². The van der Waals surface area contributed by atoms with Crippen molar-refractivity contribution in [2.45, 2.75) is 6.04 Å². The van der Waals surface area contributed by atoms with Gasteiger partial charge in [0.2, 0.25) is 0 Å². The van der Waals surface area contributed by atoms with E-state index in [1.165, 1.54) is 0 Å². The topological polar surface area (TPSA) is 44.5 Å². The maximum atomic E-state index is 5.81. The van der Waals surface area contributed by atoms with E-state index in [0.29, 0.717) is 0 Å². The van der Waals surface area contributed by atoms with Crippen LogP contribution in [0.25, 0.3) is 0 Å². The van der Waals surface area contributed by atoms with Gasteiger partial charge in [0.25, 0.3) is 0 Å². The second kappa shape index (κ2) is 4.67. The molecule has 1 rings (SSSR count). The van der Waals surface area contributed by atoms with Crippen molar-refractivity contribution in [3.05, 3.63) is 36.4 Å². The fourth-order valence-electron chi connectivity index (χ4n) is 1.16. The van der Waals surface area contributed by atoms with E-state index in [2.05, 4.69) is 6.58 Å². The number of rotatable bonds is 4. The lowest BCUT2D eigenvalue weighted by atomic mass is 10.1. The largest absolute Gasteiger partial charge is 0.497 e. The van der Waals surface area contributed by atoms with Crippen LogP contribution in [0, 0.1) is 0 Å². The number of methoxy groups -OCH3 is 2. The average molecular weight is 193 g/mol. The summed E-state index contributed by atoms with van der Waals surface area (Å²) in [7, 11) is 3.22. The molecule has 0 aliphatic carbocycles. The Bertz CT molecular complexity index is 301. The maximum absolute atomic E-state index is 5.81. The van der Waals surface area contributed by atoms with Crippen LogP contribution >= 0.6 is 0 Å². The van der Waals surface area contributed by atoms with Crippen LogP contribution in [0.15, 0.2) is 30.9 Å². The molecule has 0 radical (unpaired) electrons. The summed E-state index contributed by atoms with van der Waals surface area (Å²) in [4.78, 5) is 0. The summed E-state index contributed by atoms with van der Waals surface area (Å²) in [6.07, 6.45) is 1.67. The fourth-order valence-corrected chi connectivity index (χ4v) is 1.16. The van der Waals surface area contributed by atoms with Crippen LogP contribution < -0.4 is 15.2 Å². The molecule has 0 saturated carbocycles. The van der Waals surface area contributed by atoms with Gasteiger partial charge in [-0.15, -0.1) is 6.58 Å². The molecule has 0 aliphatic rings. The Balaban J connectivity index is 3.09.